The third-order valence-corrected chi connectivity index (χ3v) is 9.12. The maximum absolute atomic E-state index is 13.0. The van der Waals surface area contributed by atoms with E-state index in [4.69, 9.17) is 4.74 Å². The Morgan fingerprint density at radius 1 is 1.13 bits per heavy atom. The summed E-state index contributed by atoms with van der Waals surface area (Å²) in [5, 5.41) is 4.74. The maximum Gasteiger partial charge on any atom is 0.341 e. The van der Waals surface area contributed by atoms with Gasteiger partial charge in [0.05, 0.1) is 23.1 Å². The Balaban J connectivity index is 1.30. The number of amides is 1. The largest absolute Gasteiger partial charge is 0.462 e. The van der Waals surface area contributed by atoms with Crippen LogP contribution in [0.25, 0.3) is 10.9 Å². The van der Waals surface area contributed by atoms with Crippen molar-refractivity contribution in [2.24, 2.45) is 0 Å². The van der Waals surface area contributed by atoms with E-state index in [-0.39, 0.29) is 30.5 Å². The average molecular weight is 562 g/mol. The molecular formula is C30H31N3O4S2. The van der Waals surface area contributed by atoms with Crippen LogP contribution in [0.3, 0.4) is 0 Å². The summed E-state index contributed by atoms with van der Waals surface area (Å²) in [5.41, 5.74) is 3.37. The van der Waals surface area contributed by atoms with E-state index in [0.717, 1.165) is 29.7 Å². The number of carbonyl (C=O) groups is 2. The molecule has 0 aliphatic heterocycles. The Hall–Kier alpha value is -3.43. The van der Waals surface area contributed by atoms with Gasteiger partial charge in [-0.05, 0) is 62.3 Å². The van der Waals surface area contributed by atoms with E-state index in [1.807, 2.05) is 31.2 Å². The molecule has 7 nitrogen and oxygen atoms in total. The minimum atomic E-state index is -0.384. The lowest BCUT2D eigenvalue weighted by atomic mass is 9.83. The summed E-state index contributed by atoms with van der Waals surface area (Å²) in [5.74, 6) is 0.271. The highest BCUT2D eigenvalue weighted by molar-refractivity contribution is 7.99. The van der Waals surface area contributed by atoms with E-state index >= 15 is 0 Å². The zero-order chi connectivity index (χ0) is 27.4. The van der Waals surface area contributed by atoms with Gasteiger partial charge in [-0.3, -0.25) is 14.2 Å². The molecule has 9 heteroatoms. The summed E-state index contributed by atoms with van der Waals surface area (Å²) < 4.78 is 7.01. The molecule has 202 valence electrons. The Kier molecular flexibility index (Phi) is 8.47. The van der Waals surface area contributed by atoms with Crippen LogP contribution in [-0.4, -0.2) is 33.8 Å². The SMILES string of the molecule is CCOC(=O)c1c(NC(=O)CCSc2nc3ccccc3c(=O)n2CC)sc2c1CCC(c1ccccc1)C2. The molecule has 1 unspecified atom stereocenters. The number of carbonyl (C=O) groups excluding carboxylic acids is 2. The van der Waals surface area contributed by atoms with Gasteiger partial charge in [0.25, 0.3) is 5.56 Å². The van der Waals surface area contributed by atoms with Gasteiger partial charge in [-0.1, -0.05) is 54.2 Å². The lowest BCUT2D eigenvalue weighted by molar-refractivity contribution is -0.115. The first-order valence-electron chi connectivity index (χ1n) is 13.3. The first-order chi connectivity index (χ1) is 19.0. The van der Waals surface area contributed by atoms with Crippen molar-refractivity contribution >= 4 is 50.9 Å². The van der Waals surface area contributed by atoms with Crippen LogP contribution in [0.2, 0.25) is 0 Å². The molecule has 0 spiro atoms. The number of thioether (sulfide) groups is 1. The number of hydrogen-bond acceptors (Lipinski definition) is 7. The fourth-order valence-corrected chi connectivity index (χ4v) is 7.40. The molecule has 4 aromatic rings. The monoisotopic (exact) mass is 561 g/mol. The Morgan fingerprint density at radius 2 is 1.90 bits per heavy atom. The van der Waals surface area contributed by atoms with Gasteiger partial charge in [0.1, 0.15) is 5.00 Å². The van der Waals surface area contributed by atoms with Crippen LogP contribution < -0.4 is 10.9 Å². The minimum Gasteiger partial charge on any atom is -0.462 e. The number of fused-ring (bicyclic) bond motifs is 2. The highest BCUT2D eigenvalue weighted by atomic mass is 32.2. The summed E-state index contributed by atoms with van der Waals surface area (Å²) in [6.45, 7) is 4.47. The highest BCUT2D eigenvalue weighted by Crippen LogP contribution is 2.43. The summed E-state index contributed by atoms with van der Waals surface area (Å²) >= 11 is 2.87. The van der Waals surface area contributed by atoms with Crippen molar-refractivity contribution in [2.75, 3.05) is 17.7 Å². The lowest BCUT2D eigenvalue weighted by Crippen LogP contribution is -2.22. The minimum absolute atomic E-state index is 0.0768. The van der Waals surface area contributed by atoms with Gasteiger partial charge < -0.3 is 10.1 Å². The second-order valence-electron chi connectivity index (χ2n) is 9.39. The molecule has 1 aliphatic rings. The molecule has 2 heterocycles. The normalized spacial score (nSPS) is 14.7. The zero-order valence-electron chi connectivity index (χ0n) is 22.1. The molecular weight excluding hydrogens is 530 g/mol. The van der Waals surface area contributed by atoms with E-state index in [2.05, 4.69) is 34.6 Å². The van der Waals surface area contributed by atoms with E-state index < -0.39 is 0 Å². The van der Waals surface area contributed by atoms with E-state index in [1.165, 1.54) is 28.7 Å². The third-order valence-electron chi connectivity index (χ3n) is 6.97. The van der Waals surface area contributed by atoms with Gasteiger partial charge in [0.15, 0.2) is 5.16 Å². The lowest BCUT2D eigenvalue weighted by Gasteiger charge is -2.23. The molecule has 2 aromatic carbocycles. The molecule has 5 rings (SSSR count). The van der Waals surface area contributed by atoms with Crippen molar-refractivity contribution in [2.45, 2.75) is 57.1 Å². The Bertz CT molecular complexity index is 1560. The molecule has 1 aliphatic carbocycles. The molecule has 0 fully saturated rings. The zero-order valence-corrected chi connectivity index (χ0v) is 23.7. The number of benzene rings is 2. The van der Waals surface area contributed by atoms with Crippen molar-refractivity contribution in [3.05, 3.63) is 86.5 Å². The first kappa shape index (κ1) is 27.1. The van der Waals surface area contributed by atoms with Gasteiger partial charge >= 0.3 is 5.97 Å². The number of thiophene rings is 1. The second kappa shape index (κ2) is 12.2. The second-order valence-corrected chi connectivity index (χ2v) is 11.6. The number of hydrogen-bond donors (Lipinski definition) is 1. The van der Waals surface area contributed by atoms with Crippen LogP contribution in [0.5, 0.6) is 0 Å². The number of aromatic nitrogens is 2. The van der Waals surface area contributed by atoms with Crippen LogP contribution in [0.1, 0.15) is 59.0 Å². The maximum atomic E-state index is 13.0. The predicted molar refractivity (Wildman–Crippen MR) is 157 cm³/mol. The van der Waals surface area contributed by atoms with Crippen molar-refractivity contribution in [1.29, 1.82) is 0 Å². The molecule has 0 bridgehead atoms. The van der Waals surface area contributed by atoms with Crippen LogP contribution in [-0.2, 0) is 28.9 Å². The molecule has 0 saturated heterocycles. The Labute approximate surface area is 235 Å². The smallest absolute Gasteiger partial charge is 0.341 e. The number of rotatable bonds is 9. The van der Waals surface area contributed by atoms with Crippen LogP contribution >= 0.6 is 23.1 Å². The number of esters is 1. The fraction of sp³-hybridized carbons (Fsp3) is 0.333. The van der Waals surface area contributed by atoms with E-state index in [0.29, 0.717) is 44.8 Å². The van der Waals surface area contributed by atoms with Gasteiger partial charge in [-0.25, -0.2) is 9.78 Å². The van der Waals surface area contributed by atoms with Gasteiger partial charge in [0.2, 0.25) is 5.91 Å². The number of para-hydroxylation sites is 1. The molecule has 1 atom stereocenters. The molecule has 1 amide bonds. The van der Waals surface area contributed by atoms with Crippen molar-refractivity contribution < 1.29 is 14.3 Å². The van der Waals surface area contributed by atoms with Crippen molar-refractivity contribution in [3.8, 4) is 0 Å². The van der Waals surface area contributed by atoms with Gasteiger partial charge in [-0.2, -0.15) is 0 Å². The molecule has 1 N–H and O–H groups in total. The van der Waals surface area contributed by atoms with E-state index in [1.54, 1.807) is 17.6 Å². The van der Waals surface area contributed by atoms with Gasteiger partial charge in [0, 0.05) is 23.6 Å². The summed E-state index contributed by atoms with van der Waals surface area (Å²) in [7, 11) is 0. The quantitative estimate of drug-likeness (QED) is 0.152. The number of nitrogens with one attached hydrogen (secondary N) is 1. The average Bonchev–Trinajstić information content (AvgIpc) is 3.31. The number of ether oxygens (including phenoxy) is 1. The fourth-order valence-electron chi connectivity index (χ4n) is 5.06. The topological polar surface area (TPSA) is 90.3 Å². The van der Waals surface area contributed by atoms with Crippen molar-refractivity contribution in [3.63, 3.8) is 0 Å². The molecule has 2 aromatic heterocycles. The molecule has 39 heavy (non-hydrogen) atoms. The number of anilines is 1. The number of nitrogens with zero attached hydrogens (tertiary/aromatic N) is 2. The summed E-state index contributed by atoms with van der Waals surface area (Å²) in [6.07, 6.45) is 2.77. The molecule has 0 saturated carbocycles. The van der Waals surface area contributed by atoms with Crippen LogP contribution in [0, 0.1) is 0 Å². The molecule has 0 radical (unpaired) electrons. The third kappa shape index (κ3) is 5.79. The van der Waals surface area contributed by atoms with Crippen LogP contribution in [0.4, 0.5) is 5.00 Å². The highest BCUT2D eigenvalue weighted by Gasteiger charge is 2.30. The summed E-state index contributed by atoms with van der Waals surface area (Å²) in [4.78, 5) is 44.6. The first-order valence-corrected chi connectivity index (χ1v) is 15.1. The van der Waals surface area contributed by atoms with E-state index in [9.17, 15) is 14.4 Å². The van der Waals surface area contributed by atoms with Crippen molar-refractivity contribution in [1.82, 2.24) is 9.55 Å². The summed E-state index contributed by atoms with van der Waals surface area (Å²) in [6, 6.07) is 17.7. The Morgan fingerprint density at radius 3 is 2.67 bits per heavy atom. The standard InChI is InChI=1S/C30H31N3O4S2/c1-3-33-28(35)21-12-8-9-13-23(21)31-30(33)38-17-16-25(34)32-27-26(29(36)37-4-2)22-15-14-20(18-24(22)39-27)19-10-6-5-7-11-19/h5-13,20H,3-4,14-18H2,1-2H3,(H,32,34). The van der Waals surface area contributed by atoms with Crippen LogP contribution in [0.15, 0.2) is 64.5 Å². The predicted octanol–water partition coefficient (Wildman–Crippen LogP) is 6.05. The van der Waals surface area contributed by atoms with Gasteiger partial charge in [-0.15, -0.1) is 11.3 Å².